The molecule has 0 bridgehead atoms. The molecular formula is C20H24B2N4O6S. The summed E-state index contributed by atoms with van der Waals surface area (Å²) < 4.78 is 0. The Morgan fingerprint density at radius 3 is 1.39 bits per heavy atom. The Hall–Kier alpha value is -2.96. The predicted octanol–water partition coefficient (Wildman–Crippen LogP) is -1.84. The molecule has 0 aliphatic carbocycles. The highest BCUT2D eigenvalue weighted by Crippen LogP contribution is 2.17. The summed E-state index contributed by atoms with van der Waals surface area (Å²) in [6.45, 7) is 3.30. The summed E-state index contributed by atoms with van der Waals surface area (Å²) in [5.41, 5.74) is 6.82. The lowest BCUT2D eigenvalue weighted by atomic mass is 9.80. The Morgan fingerprint density at radius 1 is 0.758 bits per heavy atom. The molecule has 0 saturated carbocycles. The first-order valence-corrected chi connectivity index (χ1v) is 10.8. The van der Waals surface area contributed by atoms with E-state index in [9.17, 15) is 9.59 Å². The molecule has 0 heterocycles. The lowest BCUT2D eigenvalue weighted by Crippen LogP contribution is -2.33. The molecule has 2 aromatic carbocycles. The molecule has 13 heteroatoms. The maximum absolute atomic E-state index is 12.2. The second-order valence-electron chi connectivity index (χ2n) is 6.97. The topological polar surface area (TPSA) is 164 Å². The van der Waals surface area contributed by atoms with Crippen LogP contribution in [0, 0.1) is 0 Å². The summed E-state index contributed by atoms with van der Waals surface area (Å²) in [4.78, 5) is 24.4. The minimum atomic E-state index is -1.55. The van der Waals surface area contributed by atoms with Crippen molar-refractivity contribution in [1.29, 1.82) is 0 Å². The molecule has 172 valence electrons. The molecule has 0 aliphatic heterocycles. The number of carbonyl (C=O) groups excluding carboxylic acids is 2. The Balaban J connectivity index is 1.77. The second-order valence-corrected chi connectivity index (χ2v) is 8.66. The normalized spacial score (nSPS) is 13.0. The van der Waals surface area contributed by atoms with Gasteiger partial charge in [0.2, 0.25) is 0 Å². The standard InChI is InChI=1S/C20H24B2N4O6S/c1-13(19(27)25-23-11-15-3-7-17(8-4-15)21(29)30)33-14(2)20(28)26-24-12-16-5-9-18(10-6-16)22(31)32/h3-14,29-32H,1-2H3,(H,25,27)(H,26,28). The summed E-state index contributed by atoms with van der Waals surface area (Å²) >= 11 is 1.14. The molecular weight excluding hydrogens is 446 g/mol. The fourth-order valence-electron chi connectivity index (χ4n) is 2.46. The van der Waals surface area contributed by atoms with Crippen LogP contribution in [0.4, 0.5) is 0 Å². The van der Waals surface area contributed by atoms with Gasteiger partial charge in [-0.25, -0.2) is 10.9 Å². The van der Waals surface area contributed by atoms with Gasteiger partial charge >= 0.3 is 14.2 Å². The van der Waals surface area contributed by atoms with E-state index in [1.54, 1.807) is 38.1 Å². The number of thioether (sulfide) groups is 1. The van der Waals surface area contributed by atoms with E-state index in [-0.39, 0.29) is 11.8 Å². The summed E-state index contributed by atoms with van der Waals surface area (Å²) in [6.07, 6.45) is 2.84. The van der Waals surface area contributed by atoms with E-state index in [0.29, 0.717) is 22.1 Å². The lowest BCUT2D eigenvalue weighted by molar-refractivity contribution is -0.120. The van der Waals surface area contributed by atoms with E-state index in [4.69, 9.17) is 20.1 Å². The van der Waals surface area contributed by atoms with Crippen molar-refractivity contribution < 1.29 is 29.7 Å². The highest BCUT2D eigenvalue weighted by Gasteiger charge is 2.21. The summed E-state index contributed by atoms with van der Waals surface area (Å²) in [7, 11) is -3.10. The van der Waals surface area contributed by atoms with E-state index in [2.05, 4.69) is 21.1 Å². The number of nitrogens with one attached hydrogen (secondary N) is 2. The minimum absolute atomic E-state index is 0.345. The van der Waals surface area contributed by atoms with Gasteiger partial charge in [0.15, 0.2) is 0 Å². The van der Waals surface area contributed by atoms with Crippen molar-refractivity contribution in [1.82, 2.24) is 10.9 Å². The maximum Gasteiger partial charge on any atom is 0.488 e. The van der Waals surface area contributed by atoms with Crippen LogP contribution in [0.15, 0.2) is 58.7 Å². The number of nitrogens with zero attached hydrogens (tertiary/aromatic N) is 2. The number of carbonyl (C=O) groups is 2. The molecule has 2 amide bonds. The molecule has 2 unspecified atom stereocenters. The van der Waals surface area contributed by atoms with Gasteiger partial charge in [0.25, 0.3) is 11.8 Å². The van der Waals surface area contributed by atoms with Crippen LogP contribution in [0.3, 0.4) is 0 Å². The first kappa shape index (κ1) is 26.3. The Labute approximate surface area is 196 Å². The number of benzene rings is 2. The molecule has 0 spiro atoms. The second kappa shape index (κ2) is 12.9. The third-order valence-electron chi connectivity index (χ3n) is 4.39. The number of hydrogen-bond donors (Lipinski definition) is 6. The van der Waals surface area contributed by atoms with Crippen LogP contribution in [0.1, 0.15) is 25.0 Å². The molecule has 0 aromatic heterocycles. The van der Waals surface area contributed by atoms with Gasteiger partial charge < -0.3 is 20.1 Å². The molecule has 6 N–H and O–H groups in total. The molecule has 0 aliphatic rings. The van der Waals surface area contributed by atoms with Crippen LogP contribution >= 0.6 is 11.8 Å². The number of hydrazone groups is 2. The molecule has 0 fully saturated rings. The Morgan fingerprint density at radius 2 is 1.09 bits per heavy atom. The monoisotopic (exact) mass is 470 g/mol. The van der Waals surface area contributed by atoms with Crippen molar-refractivity contribution in [3.05, 3.63) is 59.7 Å². The van der Waals surface area contributed by atoms with E-state index in [0.717, 1.165) is 11.8 Å². The van der Waals surface area contributed by atoms with Gasteiger partial charge in [-0.05, 0) is 35.9 Å². The SMILES string of the molecule is CC(SC(C)C(=O)NN=Cc1ccc(B(O)O)cc1)C(=O)NN=Cc1ccc(B(O)O)cc1. The molecule has 2 rings (SSSR count). The Bertz CT molecular complexity index is 908. The van der Waals surface area contributed by atoms with Gasteiger partial charge in [0.1, 0.15) is 0 Å². The van der Waals surface area contributed by atoms with Gasteiger partial charge in [0, 0.05) is 0 Å². The van der Waals surface area contributed by atoms with Gasteiger partial charge in [-0.15, -0.1) is 11.8 Å². The van der Waals surface area contributed by atoms with Crippen LogP contribution in [0.5, 0.6) is 0 Å². The molecule has 2 atom stereocenters. The van der Waals surface area contributed by atoms with Gasteiger partial charge in [0.05, 0.1) is 22.9 Å². The first-order valence-electron chi connectivity index (χ1n) is 9.91. The van der Waals surface area contributed by atoms with Crippen molar-refractivity contribution >= 4 is 61.2 Å². The van der Waals surface area contributed by atoms with Crippen molar-refractivity contribution in [2.24, 2.45) is 10.2 Å². The fourth-order valence-corrected chi connectivity index (χ4v) is 3.43. The molecule has 0 saturated heterocycles. The van der Waals surface area contributed by atoms with Crippen LogP contribution < -0.4 is 21.8 Å². The molecule has 2 aromatic rings. The van der Waals surface area contributed by atoms with Crippen LogP contribution in [0.25, 0.3) is 0 Å². The van der Waals surface area contributed by atoms with E-state index in [1.165, 1.54) is 36.7 Å². The third-order valence-corrected chi connectivity index (χ3v) is 5.64. The molecule has 10 nitrogen and oxygen atoms in total. The average Bonchev–Trinajstić information content (AvgIpc) is 2.79. The first-order chi connectivity index (χ1) is 15.7. The minimum Gasteiger partial charge on any atom is -0.423 e. The zero-order valence-electron chi connectivity index (χ0n) is 18.0. The van der Waals surface area contributed by atoms with Gasteiger partial charge in [-0.1, -0.05) is 48.5 Å². The van der Waals surface area contributed by atoms with Crippen molar-refractivity contribution in [3.63, 3.8) is 0 Å². The lowest BCUT2D eigenvalue weighted by Gasteiger charge is -2.14. The zero-order valence-corrected chi connectivity index (χ0v) is 18.8. The maximum atomic E-state index is 12.2. The van der Waals surface area contributed by atoms with E-state index >= 15 is 0 Å². The van der Waals surface area contributed by atoms with Crippen molar-refractivity contribution in [2.45, 2.75) is 24.3 Å². The number of amides is 2. The van der Waals surface area contributed by atoms with Gasteiger partial charge in [-0.2, -0.15) is 10.2 Å². The van der Waals surface area contributed by atoms with Crippen molar-refractivity contribution in [2.75, 3.05) is 0 Å². The highest BCUT2D eigenvalue weighted by atomic mass is 32.2. The smallest absolute Gasteiger partial charge is 0.423 e. The predicted molar refractivity (Wildman–Crippen MR) is 131 cm³/mol. The average molecular weight is 470 g/mol. The fraction of sp³-hybridized carbons (Fsp3) is 0.200. The van der Waals surface area contributed by atoms with E-state index < -0.39 is 24.7 Å². The summed E-state index contributed by atoms with van der Waals surface area (Å²) in [5.74, 6) is -0.763. The molecule has 33 heavy (non-hydrogen) atoms. The van der Waals surface area contributed by atoms with Crippen molar-refractivity contribution in [3.8, 4) is 0 Å². The largest absolute Gasteiger partial charge is 0.488 e. The quantitative estimate of drug-likeness (QED) is 0.135. The zero-order chi connectivity index (χ0) is 24.4. The number of hydrogen-bond acceptors (Lipinski definition) is 9. The van der Waals surface area contributed by atoms with Gasteiger partial charge in [-0.3, -0.25) is 9.59 Å². The van der Waals surface area contributed by atoms with Crippen LogP contribution in [-0.2, 0) is 9.59 Å². The summed E-state index contributed by atoms with van der Waals surface area (Å²) in [6, 6.07) is 12.6. The van der Waals surface area contributed by atoms with E-state index in [1.807, 2.05) is 0 Å². The Kier molecular flexibility index (Phi) is 10.3. The third kappa shape index (κ3) is 8.83. The van der Waals surface area contributed by atoms with Crippen LogP contribution in [0.2, 0.25) is 0 Å². The molecule has 0 radical (unpaired) electrons. The summed E-state index contributed by atoms with van der Waals surface area (Å²) in [5, 5.41) is 42.9. The number of rotatable bonds is 10. The highest BCUT2D eigenvalue weighted by molar-refractivity contribution is 8.01. The van der Waals surface area contributed by atoms with Crippen LogP contribution in [-0.4, -0.2) is 69.1 Å².